The lowest BCUT2D eigenvalue weighted by Gasteiger charge is -2.11. The van der Waals surface area contributed by atoms with E-state index in [4.69, 9.17) is 19.9 Å². The Bertz CT molecular complexity index is 2740. The molecule has 0 fully saturated rings. The first-order valence-corrected chi connectivity index (χ1v) is 16.7. The summed E-state index contributed by atoms with van der Waals surface area (Å²) in [5, 5.41) is 4.64. The molecule has 0 aliphatic carbocycles. The lowest BCUT2D eigenvalue weighted by atomic mass is 10.1. The predicted molar refractivity (Wildman–Crippen MR) is 203 cm³/mol. The fourth-order valence-electron chi connectivity index (χ4n) is 7.14. The van der Waals surface area contributed by atoms with Crippen molar-refractivity contribution in [2.75, 3.05) is 0 Å². The molecule has 10 rings (SSSR count). The molecule has 0 unspecified atom stereocenters. The largest absolute Gasteiger partial charge is 0.309 e. The van der Waals surface area contributed by atoms with E-state index in [-0.39, 0.29) is 0 Å². The summed E-state index contributed by atoms with van der Waals surface area (Å²) < 4.78 is 4.61. The number of nitrogens with zero attached hydrogens (tertiary/aromatic N) is 6. The molecular weight excluding hydrogens is 613 g/mol. The van der Waals surface area contributed by atoms with Gasteiger partial charge in [-0.2, -0.15) is 0 Å². The van der Waals surface area contributed by atoms with Crippen molar-refractivity contribution in [1.29, 1.82) is 0 Å². The quantitative estimate of drug-likeness (QED) is 0.188. The molecule has 0 saturated carbocycles. The molecule has 0 aliphatic rings. The fourth-order valence-corrected chi connectivity index (χ4v) is 7.14. The number of para-hydroxylation sites is 2. The number of benzene rings is 6. The Labute approximate surface area is 287 Å². The molecule has 50 heavy (non-hydrogen) atoms. The second-order valence-corrected chi connectivity index (χ2v) is 12.4. The second-order valence-electron chi connectivity index (χ2n) is 12.4. The highest BCUT2D eigenvalue weighted by molar-refractivity contribution is 6.12. The van der Waals surface area contributed by atoms with Crippen LogP contribution in [0.25, 0.3) is 89.3 Å². The SMILES string of the molecule is c1ccc(-c2nc(-c3ccccc3)nc(-c3ccc4c5ccc(-n6c7ccccc7c7cccnc76)cc5n(-c5ccccc5)c4c3)n2)cc1. The third-order valence-electron chi connectivity index (χ3n) is 9.41. The van der Waals surface area contributed by atoms with E-state index in [1.807, 2.05) is 72.9 Å². The lowest BCUT2D eigenvalue weighted by Crippen LogP contribution is -2.00. The molecule has 4 aromatic heterocycles. The minimum absolute atomic E-state index is 0.626. The van der Waals surface area contributed by atoms with Gasteiger partial charge >= 0.3 is 0 Å². The summed E-state index contributed by atoms with van der Waals surface area (Å²) in [4.78, 5) is 19.8. The van der Waals surface area contributed by atoms with Crippen molar-refractivity contribution in [1.82, 2.24) is 29.1 Å². The summed E-state index contributed by atoms with van der Waals surface area (Å²) in [6.07, 6.45) is 1.87. The van der Waals surface area contributed by atoms with Crippen LogP contribution in [0.4, 0.5) is 0 Å². The van der Waals surface area contributed by atoms with Crippen LogP contribution in [0, 0.1) is 0 Å². The first-order valence-electron chi connectivity index (χ1n) is 16.7. The van der Waals surface area contributed by atoms with Gasteiger partial charge < -0.3 is 4.57 Å². The summed E-state index contributed by atoms with van der Waals surface area (Å²) >= 11 is 0. The van der Waals surface area contributed by atoms with Gasteiger partial charge in [-0.05, 0) is 48.5 Å². The van der Waals surface area contributed by atoms with E-state index in [0.29, 0.717) is 17.5 Å². The van der Waals surface area contributed by atoms with Crippen molar-refractivity contribution in [2.45, 2.75) is 0 Å². The molecule has 0 amide bonds. The molecule has 6 heteroatoms. The van der Waals surface area contributed by atoms with Crippen molar-refractivity contribution in [3.8, 4) is 45.5 Å². The maximum absolute atomic E-state index is 5.03. The third kappa shape index (κ3) is 4.50. The normalized spacial score (nSPS) is 11.6. The number of pyridine rings is 1. The van der Waals surface area contributed by atoms with Crippen molar-refractivity contribution >= 4 is 43.7 Å². The summed E-state index contributed by atoms with van der Waals surface area (Å²) in [5.41, 5.74) is 9.19. The van der Waals surface area contributed by atoms with Crippen LogP contribution in [-0.2, 0) is 0 Å². The molecule has 0 radical (unpaired) electrons. The Hall–Kier alpha value is -6.92. The van der Waals surface area contributed by atoms with Crippen LogP contribution in [0.15, 0.2) is 170 Å². The van der Waals surface area contributed by atoms with E-state index in [0.717, 1.165) is 61.0 Å². The van der Waals surface area contributed by atoms with Crippen LogP contribution >= 0.6 is 0 Å². The van der Waals surface area contributed by atoms with Crippen LogP contribution in [0.1, 0.15) is 0 Å². The number of aromatic nitrogens is 6. The first kappa shape index (κ1) is 28.1. The van der Waals surface area contributed by atoms with Crippen molar-refractivity contribution in [3.05, 3.63) is 170 Å². The van der Waals surface area contributed by atoms with E-state index in [9.17, 15) is 0 Å². The number of hydrogen-bond donors (Lipinski definition) is 0. The zero-order valence-corrected chi connectivity index (χ0v) is 26.8. The Balaban J connectivity index is 1.22. The van der Waals surface area contributed by atoms with Gasteiger partial charge in [0.2, 0.25) is 0 Å². The summed E-state index contributed by atoms with van der Waals surface area (Å²) in [6, 6.07) is 56.7. The van der Waals surface area contributed by atoms with Gasteiger partial charge in [0.25, 0.3) is 0 Å². The van der Waals surface area contributed by atoms with Gasteiger partial charge in [0, 0.05) is 55.8 Å². The average molecular weight is 641 g/mol. The van der Waals surface area contributed by atoms with Gasteiger partial charge in [-0.25, -0.2) is 19.9 Å². The second kappa shape index (κ2) is 11.4. The van der Waals surface area contributed by atoms with Gasteiger partial charge in [-0.15, -0.1) is 0 Å². The number of hydrogen-bond acceptors (Lipinski definition) is 4. The maximum atomic E-state index is 5.03. The third-order valence-corrected chi connectivity index (χ3v) is 9.41. The molecular formula is C44H28N6. The molecule has 0 spiro atoms. The smallest absolute Gasteiger partial charge is 0.164 e. The summed E-state index contributed by atoms with van der Waals surface area (Å²) in [7, 11) is 0. The van der Waals surface area contributed by atoms with Crippen LogP contribution in [0.2, 0.25) is 0 Å². The van der Waals surface area contributed by atoms with E-state index < -0.39 is 0 Å². The van der Waals surface area contributed by atoms with Crippen molar-refractivity contribution in [3.63, 3.8) is 0 Å². The van der Waals surface area contributed by atoms with Gasteiger partial charge in [0.05, 0.1) is 16.6 Å². The zero-order chi connectivity index (χ0) is 33.0. The standard InChI is InChI=1S/C44H28N6/c1-4-13-29(14-5-1)41-46-42(30-15-6-2-7-16-30)48-43(47-41)31-22-24-35-36-25-23-33(28-40(36)49(39(35)27-31)32-17-8-3-9-18-32)50-38-21-11-10-19-34(38)37-20-12-26-45-44(37)50/h1-28H. The molecule has 6 nitrogen and oxygen atoms in total. The van der Waals surface area contributed by atoms with Crippen LogP contribution < -0.4 is 0 Å². The van der Waals surface area contributed by atoms with E-state index in [1.165, 1.54) is 10.8 Å². The Morgan fingerprint density at radius 2 is 0.880 bits per heavy atom. The lowest BCUT2D eigenvalue weighted by molar-refractivity contribution is 1.07. The first-order chi connectivity index (χ1) is 24.8. The molecule has 0 bridgehead atoms. The van der Waals surface area contributed by atoms with E-state index >= 15 is 0 Å². The van der Waals surface area contributed by atoms with Crippen LogP contribution in [0.3, 0.4) is 0 Å². The van der Waals surface area contributed by atoms with Gasteiger partial charge in [-0.1, -0.05) is 115 Å². The number of fused-ring (bicyclic) bond motifs is 6. The Morgan fingerprint density at radius 3 is 1.58 bits per heavy atom. The molecule has 0 aliphatic heterocycles. The highest BCUT2D eigenvalue weighted by Crippen LogP contribution is 2.38. The van der Waals surface area contributed by atoms with Gasteiger partial charge in [0.1, 0.15) is 5.65 Å². The predicted octanol–water partition coefficient (Wildman–Crippen LogP) is 10.5. The molecule has 6 aromatic carbocycles. The molecule has 0 N–H and O–H groups in total. The van der Waals surface area contributed by atoms with Crippen LogP contribution in [0.5, 0.6) is 0 Å². The summed E-state index contributed by atoms with van der Waals surface area (Å²) in [5.74, 6) is 1.91. The Kier molecular flexibility index (Phi) is 6.39. The monoisotopic (exact) mass is 640 g/mol. The molecule has 10 aromatic rings. The highest BCUT2D eigenvalue weighted by Gasteiger charge is 2.19. The molecule has 0 atom stereocenters. The summed E-state index contributed by atoms with van der Waals surface area (Å²) in [6.45, 7) is 0. The van der Waals surface area contributed by atoms with Gasteiger partial charge in [0.15, 0.2) is 17.5 Å². The topological polar surface area (TPSA) is 61.4 Å². The highest BCUT2D eigenvalue weighted by atomic mass is 15.1. The zero-order valence-electron chi connectivity index (χ0n) is 26.8. The van der Waals surface area contributed by atoms with E-state index in [1.54, 1.807) is 0 Å². The maximum Gasteiger partial charge on any atom is 0.164 e. The number of rotatable bonds is 5. The van der Waals surface area contributed by atoms with Crippen molar-refractivity contribution in [2.24, 2.45) is 0 Å². The van der Waals surface area contributed by atoms with Crippen molar-refractivity contribution < 1.29 is 0 Å². The Morgan fingerprint density at radius 1 is 0.340 bits per heavy atom. The van der Waals surface area contributed by atoms with Gasteiger partial charge in [-0.3, -0.25) is 4.57 Å². The molecule has 4 heterocycles. The minimum Gasteiger partial charge on any atom is -0.309 e. The average Bonchev–Trinajstić information content (AvgIpc) is 3.71. The molecule has 0 saturated heterocycles. The minimum atomic E-state index is 0.626. The van der Waals surface area contributed by atoms with Crippen LogP contribution in [-0.4, -0.2) is 29.1 Å². The fraction of sp³-hybridized carbons (Fsp3) is 0. The van der Waals surface area contributed by atoms with E-state index in [2.05, 4.69) is 106 Å². The molecule has 234 valence electrons.